The van der Waals surface area contributed by atoms with E-state index >= 15 is 0 Å². The van der Waals surface area contributed by atoms with Gasteiger partial charge in [-0.05, 0) is 37.3 Å². The van der Waals surface area contributed by atoms with E-state index in [9.17, 15) is 0 Å². The third-order valence-electron chi connectivity index (χ3n) is 6.00. The monoisotopic (exact) mass is 549 g/mol. The Morgan fingerprint density at radius 3 is 2.88 bits per heavy atom. The smallest absolute Gasteiger partial charge is 0.191 e. The molecule has 7 nitrogen and oxygen atoms in total. The molecule has 3 N–H and O–H groups in total. The molecule has 4 rings (SSSR count). The average molecular weight is 550 g/mol. The number of aryl methyl sites for hydroxylation is 2. The molecule has 0 saturated carbocycles. The van der Waals surface area contributed by atoms with Crippen LogP contribution in [-0.2, 0) is 25.8 Å². The van der Waals surface area contributed by atoms with Gasteiger partial charge in [-0.1, -0.05) is 39.0 Å². The molecule has 1 aliphatic heterocycles. The highest BCUT2D eigenvalue weighted by Crippen LogP contribution is 2.22. The lowest BCUT2D eigenvalue weighted by atomic mass is 10.1. The molecule has 1 atom stereocenters. The zero-order valence-corrected chi connectivity index (χ0v) is 21.9. The van der Waals surface area contributed by atoms with Crippen molar-refractivity contribution in [3.05, 3.63) is 47.2 Å². The van der Waals surface area contributed by atoms with Gasteiger partial charge in [0, 0.05) is 48.6 Å². The molecular weight excluding hydrogens is 513 g/mol. The molecular formula is C24H36IN7. The summed E-state index contributed by atoms with van der Waals surface area (Å²) in [4.78, 5) is 13.0. The number of nitrogens with one attached hydrogen (secondary N) is 3. The minimum absolute atomic E-state index is 0. The van der Waals surface area contributed by atoms with Gasteiger partial charge in [0.15, 0.2) is 11.8 Å². The van der Waals surface area contributed by atoms with Gasteiger partial charge < -0.3 is 15.6 Å². The van der Waals surface area contributed by atoms with Gasteiger partial charge in [-0.15, -0.1) is 24.0 Å². The zero-order valence-electron chi connectivity index (χ0n) is 19.6. The lowest BCUT2D eigenvalue weighted by molar-refractivity contribution is 0.391. The van der Waals surface area contributed by atoms with E-state index in [0.717, 1.165) is 62.9 Å². The fraction of sp³-hybridized carbons (Fsp3) is 0.542. The van der Waals surface area contributed by atoms with Crippen LogP contribution in [0.3, 0.4) is 0 Å². The Morgan fingerprint density at radius 1 is 1.28 bits per heavy atom. The highest BCUT2D eigenvalue weighted by molar-refractivity contribution is 14.0. The minimum atomic E-state index is 0. The van der Waals surface area contributed by atoms with E-state index < -0.39 is 0 Å². The summed E-state index contributed by atoms with van der Waals surface area (Å²) in [5.74, 6) is 3.30. The molecule has 1 unspecified atom stereocenters. The number of H-pyrrole nitrogens is 1. The van der Waals surface area contributed by atoms with E-state index in [1.165, 1.54) is 22.0 Å². The maximum absolute atomic E-state index is 4.86. The number of guanidine groups is 1. The van der Waals surface area contributed by atoms with Crippen LogP contribution in [0.2, 0.25) is 0 Å². The normalized spacial score (nSPS) is 16.2. The van der Waals surface area contributed by atoms with Crippen LogP contribution in [0, 0.1) is 0 Å². The van der Waals surface area contributed by atoms with Gasteiger partial charge in [0.1, 0.15) is 5.82 Å². The Balaban J connectivity index is 0.00000289. The topological polar surface area (TPSA) is 82.9 Å². The fourth-order valence-corrected chi connectivity index (χ4v) is 4.27. The molecule has 174 valence electrons. The first-order chi connectivity index (χ1) is 15.1. The molecule has 0 amide bonds. The summed E-state index contributed by atoms with van der Waals surface area (Å²) in [6.45, 7) is 11.0. The number of nitrogens with zero attached hydrogens (tertiary/aromatic N) is 4. The number of para-hydroxylation sites is 1. The predicted octanol–water partition coefficient (Wildman–Crippen LogP) is 4.18. The molecule has 1 aromatic carbocycles. The second-order valence-electron chi connectivity index (χ2n) is 8.62. The SMILES string of the molecule is CCNC(=NCCc1c[nH]c2c(CC)cccc12)NC1CCc2nc(C(C)C)nn2C1.I. The Labute approximate surface area is 207 Å². The summed E-state index contributed by atoms with van der Waals surface area (Å²) in [7, 11) is 0. The number of aromatic amines is 1. The largest absolute Gasteiger partial charge is 0.361 e. The standard InChI is InChI=1S/C24H35N7.HI/c1-5-17-8-7-9-20-18(14-27-22(17)20)12-13-26-24(25-6-2)28-19-10-11-21-29-23(16(3)4)30-31(21)15-19;/h7-9,14,16,19,27H,5-6,10-13,15H2,1-4H3,(H2,25,26,28);1H. The number of benzene rings is 1. The lowest BCUT2D eigenvalue weighted by Crippen LogP contribution is -2.47. The molecule has 1 aliphatic rings. The van der Waals surface area contributed by atoms with E-state index in [0.29, 0.717) is 12.0 Å². The summed E-state index contributed by atoms with van der Waals surface area (Å²) >= 11 is 0. The molecule has 32 heavy (non-hydrogen) atoms. The summed E-state index contributed by atoms with van der Waals surface area (Å²) in [5.41, 5.74) is 3.96. The molecule has 3 aromatic rings. The van der Waals surface area contributed by atoms with Crippen LogP contribution in [-0.4, -0.2) is 44.8 Å². The maximum atomic E-state index is 4.86. The highest BCUT2D eigenvalue weighted by Gasteiger charge is 2.23. The third-order valence-corrected chi connectivity index (χ3v) is 6.00. The highest BCUT2D eigenvalue weighted by atomic mass is 127. The molecule has 0 fully saturated rings. The van der Waals surface area contributed by atoms with Crippen molar-refractivity contribution in [1.82, 2.24) is 30.4 Å². The summed E-state index contributed by atoms with van der Waals surface area (Å²) in [5, 5.41) is 13.0. The van der Waals surface area contributed by atoms with Crippen LogP contribution in [0.1, 0.15) is 62.8 Å². The number of hydrogen-bond acceptors (Lipinski definition) is 3. The van der Waals surface area contributed by atoms with Gasteiger partial charge in [-0.3, -0.25) is 4.99 Å². The van der Waals surface area contributed by atoms with Crippen molar-refractivity contribution in [3.8, 4) is 0 Å². The van der Waals surface area contributed by atoms with Crippen LogP contribution in [0.15, 0.2) is 29.4 Å². The van der Waals surface area contributed by atoms with Crippen molar-refractivity contribution in [3.63, 3.8) is 0 Å². The second-order valence-corrected chi connectivity index (χ2v) is 8.62. The molecule has 2 aromatic heterocycles. The van der Waals surface area contributed by atoms with Crippen LogP contribution in [0.4, 0.5) is 0 Å². The molecule has 0 saturated heterocycles. The number of aromatic nitrogens is 4. The first kappa shape index (κ1) is 24.5. The molecule has 0 radical (unpaired) electrons. The first-order valence-electron chi connectivity index (χ1n) is 11.6. The Kier molecular flexibility index (Phi) is 8.56. The van der Waals surface area contributed by atoms with Gasteiger partial charge in [0.25, 0.3) is 0 Å². The summed E-state index contributed by atoms with van der Waals surface area (Å²) in [6.07, 6.45) is 6.09. The van der Waals surface area contributed by atoms with E-state index in [2.05, 4.69) is 72.4 Å². The van der Waals surface area contributed by atoms with Gasteiger partial charge in [0.05, 0.1) is 6.54 Å². The minimum Gasteiger partial charge on any atom is -0.361 e. The van der Waals surface area contributed by atoms with Crippen molar-refractivity contribution in [2.75, 3.05) is 13.1 Å². The van der Waals surface area contributed by atoms with Crippen molar-refractivity contribution >= 4 is 40.8 Å². The molecule has 0 spiro atoms. The molecule has 8 heteroatoms. The van der Waals surface area contributed by atoms with Crippen LogP contribution >= 0.6 is 24.0 Å². The quantitative estimate of drug-likeness (QED) is 0.235. The van der Waals surface area contributed by atoms with Gasteiger partial charge in [-0.25, -0.2) is 9.67 Å². The van der Waals surface area contributed by atoms with Gasteiger partial charge in [-0.2, -0.15) is 5.10 Å². The van der Waals surface area contributed by atoms with Crippen molar-refractivity contribution < 1.29 is 0 Å². The van der Waals surface area contributed by atoms with E-state index in [4.69, 9.17) is 15.1 Å². The Hall–Kier alpha value is -2.10. The van der Waals surface area contributed by atoms with E-state index in [1.807, 2.05) is 0 Å². The lowest BCUT2D eigenvalue weighted by Gasteiger charge is -2.25. The van der Waals surface area contributed by atoms with Crippen LogP contribution < -0.4 is 10.6 Å². The second kappa shape index (κ2) is 11.2. The van der Waals surface area contributed by atoms with Crippen LogP contribution in [0.5, 0.6) is 0 Å². The van der Waals surface area contributed by atoms with Crippen LogP contribution in [0.25, 0.3) is 10.9 Å². The Bertz CT molecular complexity index is 1050. The number of hydrogen-bond donors (Lipinski definition) is 3. The summed E-state index contributed by atoms with van der Waals surface area (Å²) < 4.78 is 2.07. The molecule has 0 aliphatic carbocycles. The number of aliphatic imine (C=N–C) groups is 1. The third kappa shape index (κ3) is 5.44. The van der Waals surface area contributed by atoms with Crippen molar-refractivity contribution in [2.24, 2.45) is 4.99 Å². The number of fused-ring (bicyclic) bond motifs is 2. The molecule has 0 bridgehead atoms. The fourth-order valence-electron chi connectivity index (χ4n) is 4.27. The number of halogens is 1. The maximum Gasteiger partial charge on any atom is 0.191 e. The van der Waals surface area contributed by atoms with Gasteiger partial charge in [0.2, 0.25) is 0 Å². The van der Waals surface area contributed by atoms with Crippen molar-refractivity contribution in [2.45, 2.75) is 71.9 Å². The number of rotatable bonds is 7. The Morgan fingerprint density at radius 2 is 2.12 bits per heavy atom. The average Bonchev–Trinajstić information content (AvgIpc) is 3.38. The van der Waals surface area contributed by atoms with E-state index in [-0.39, 0.29) is 24.0 Å². The zero-order chi connectivity index (χ0) is 21.8. The van der Waals surface area contributed by atoms with Crippen molar-refractivity contribution in [1.29, 1.82) is 0 Å². The van der Waals surface area contributed by atoms with Gasteiger partial charge >= 0.3 is 0 Å². The first-order valence-corrected chi connectivity index (χ1v) is 11.6. The van der Waals surface area contributed by atoms with E-state index in [1.54, 1.807) is 0 Å². The molecule has 3 heterocycles. The predicted molar refractivity (Wildman–Crippen MR) is 142 cm³/mol. The summed E-state index contributed by atoms with van der Waals surface area (Å²) in [6, 6.07) is 6.87.